The molecule has 0 fully saturated rings. The van der Waals surface area contributed by atoms with Crippen molar-refractivity contribution in [2.75, 3.05) is 0 Å². The van der Waals surface area contributed by atoms with Gasteiger partial charge in [-0.15, -0.1) is 0 Å². The minimum absolute atomic E-state index is 0.691. The van der Waals surface area contributed by atoms with Gasteiger partial charge in [-0.2, -0.15) is 5.10 Å². The first-order chi connectivity index (χ1) is 30.2. The summed E-state index contributed by atoms with van der Waals surface area (Å²) in [5.41, 5.74) is 15.8. The van der Waals surface area contributed by atoms with Crippen molar-refractivity contribution in [2.24, 2.45) is 0 Å². The summed E-state index contributed by atoms with van der Waals surface area (Å²) >= 11 is 0. The van der Waals surface area contributed by atoms with Gasteiger partial charge in [-0.3, -0.25) is 0 Å². The van der Waals surface area contributed by atoms with Gasteiger partial charge in [0.2, 0.25) is 0 Å². The highest BCUT2D eigenvalue weighted by molar-refractivity contribution is 6.19. The van der Waals surface area contributed by atoms with E-state index in [-0.39, 0.29) is 0 Å². The molecule has 2 aromatic heterocycles. The monoisotopic (exact) mass is 778 g/mol. The van der Waals surface area contributed by atoms with Gasteiger partial charge in [0, 0.05) is 33.0 Å². The van der Waals surface area contributed by atoms with Crippen LogP contribution < -0.4 is 0 Å². The third-order valence-corrected chi connectivity index (χ3v) is 11.5. The van der Waals surface area contributed by atoms with Crippen LogP contribution in [0.5, 0.6) is 0 Å². The molecule has 0 aliphatic heterocycles. The van der Waals surface area contributed by atoms with Crippen molar-refractivity contribution < 1.29 is 0 Å². The van der Waals surface area contributed by atoms with Crippen LogP contribution in [0.1, 0.15) is 0 Å². The van der Waals surface area contributed by atoms with Gasteiger partial charge >= 0.3 is 0 Å². The van der Waals surface area contributed by atoms with Crippen LogP contribution in [0.2, 0.25) is 0 Å². The molecule has 0 atom stereocenters. The van der Waals surface area contributed by atoms with E-state index in [9.17, 15) is 0 Å². The van der Waals surface area contributed by atoms with Gasteiger partial charge in [0.25, 0.3) is 0 Å². The van der Waals surface area contributed by atoms with E-state index >= 15 is 0 Å². The number of nitrogens with zero attached hydrogens (tertiary/aromatic N) is 4. The molecule has 0 bridgehead atoms. The molecule has 4 heteroatoms. The van der Waals surface area contributed by atoms with Gasteiger partial charge in [-0.1, -0.05) is 206 Å². The van der Waals surface area contributed by atoms with E-state index in [0.717, 1.165) is 94.5 Å². The number of hydrogen-bond acceptors (Lipinski definition) is 3. The van der Waals surface area contributed by atoms with Crippen LogP contribution in [0.15, 0.2) is 231 Å². The van der Waals surface area contributed by atoms with E-state index in [1.54, 1.807) is 0 Å². The van der Waals surface area contributed by atoms with E-state index in [2.05, 4.69) is 223 Å². The Morgan fingerprint density at radius 2 is 0.770 bits per heavy atom. The van der Waals surface area contributed by atoms with Gasteiger partial charge in [0.1, 0.15) is 5.69 Å². The van der Waals surface area contributed by atoms with E-state index in [1.807, 2.05) is 12.1 Å². The van der Waals surface area contributed by atoms with Crippen molar-refractivity contribution in [1.82, 2.24) is 19.7 Å². The first-order valence-electron chi connectivity index (χ1n) is 20.6. The summed E-state index contributed by atoms with van der Waals surface area (Å²) in [7, 11) is 0. The number of benzene rings is 9. The van der Waals surface area contributed by atoms with Gasteiger partial charge in [-0.25, -0.2) is 14.6 Å². The highest BCUT2D eigenvalue weighted by Gasteiger charge is 2.22. The Morgan fingerprint density at radius 3 is 1.39 bits per heavy atom. The molecule has 61 heavy (non-hydrogen) atoms. The molecular weight excluding hydrogens is 741 g/mol. The molecule has 4 nitrogen and oxygen atoms in total. The molecule has 9 aromatic carbocycles. The lowest BCUT2D eigenvalue weighted by atomic mass is 9.90. The molecule has 286 valence electrons. The second-order valence-electron chi connectivity index (χ2n) is 15.2. The van der Waals surface area contributed by atoms with E-state index in [4.69, 9.17) is 15.1 Å². The van der Waals surface area contributed by atoms with Crippen LogP contribution in [0.25, 0.3) is 106 Å². The zero-order valence-electron chi connectivity index (χ0n) is 33.2. The molecule has 2 heterocycles. The van der Waals surface area contributed by atoms with Crippen LogP contribution in [-0.4, -0.2) is 19.7 Å². The third-order valence-electron chi connectivity index (χ3n) is 11.5. The number of fused-ring (bicyclic) bond motifs is 3. The summed E-state index contributed by atoms with van der Waals surface area (Å²) in [4.78, 5) is 10.3. The van der Waals surface area contributed by atoms with Gasteiger partial charge in [-0.05, 0) is 63.0 Å². The summed E-state index contributed by atoms with van der Waals surface area (Å²) in [5.74, 6) is 0.691. The molecule has 0 aliphatic carbocycles. The Labute approximate surface area is 354 Å². The van der Waals surface area contributed by atoms with Crippen molar-refractivity contribution in [3.05, 3.63) is 231 Å². The maximum absolute atomic E-state index is 5.39. The molecule has 0 amide bonds. The Balaban J connectivity index is 1.06. The predicted octanol–water partition coefficient (Wildman–Crippen LogP) is 14.6. The largest absolute Gasteiger partial charge is 0.232 e. The molecule has 0 aliphatic rings. The van der Waals surface area contributed by atoms with Crippen LogP contribution in [0.3, 0.4) is 0 Å². The summed E-state index contributed by atoms with van der Waals surface area (Å²) in [6.45, 7) is 0. The average Bonchev–Trinajstić information content (AvgIpc) is 3.76. The second-order valence-corrected chi connectivity index (χ2v) is 15.2. The molecule has 0 spiro atoms. The number of hydrogen-bond donors (Lipinski definition) is 0. The normalized spacial score (nSPS) is 11.3. The van der Waals surface area contributed by atoms with Crippen molar-refractivity contribution in [1.29, 1.82) is 0 Å². The predicted molar refractivity (Wildman–Crippen MR) is 252 cm³/mol. The summed E-state index contributed by atoms with van der Waals surface area (Å²) in [6.07, 6.45) is 0. The van der Waals surface area contributed by atoms with E-state index in [0.29, 0.717) is 5.82 Å². The molecule has 0 saturated carbocycles. The fourth-order valence-corrected chi connectivity index (χ4v) is 8.46. The van der Waals surface area contributed by atoms with Gasteiger partial charge in [0.05, 0.1) is 22.6 Å². The molecule has 0 saturated heterocycles. The highest BCUT2D eigenvalue weighted by atomic mass is 15.3. The van der Waals surface area contributed by atoms with Crippen molar-refractivity contribution in [3.63, 3.8) is 0 Å². The molecule has 11 rings (SSSR count). The zero-order valence-corrected chi connectivity index (χ0v) is 33.2. The van der Waals surface area contributed by atoms with Crippen LogP contribution in [-0.2, 0) is 0 Å². The SMILES string of the molecule is c1ccc(-c2ccc(-c3nc(-c4ccccc4)cc(-c4ccc(-c5cccc6c5cc(-c5ccccc5)c5c(-c7ccccc7)nn(-c7ccccc7)c56)cc4)n3)cc2)cc1. The summed E-state index contributed by atoms with van der Waals surface area (Å²) in [6, 6.07) is 80.9. The Hall–Kier alpha value is -8.21. The van der Waals surface area contributed by atoms with E-state index in [1.165, 1.54) is 5.56 Å². The fourth-order valence-electron chi connectivity index (χ4n) is 8.46. The van der Waals surface area contributed by atoms with Crippen LogP contribution in [0, 0.1) is 0 Å². The fraction of sp³-hybridized carbons (Fsp3) is 0. The molecular formula is C57H38N4. The number of para-hydroxylation sites is 1. The molecule has 0 radical (unpaired) electrons. The number of rotatable bonds is 8. The topological polar surface area (TPSA) is 43.6 Å². The van der Waals surface area contributed by atoms with E-state index < -0.39 is 0 Å². The Kier molecular flexibility index (Phi) is 9.14. The second kappa shape index (κ2) is 15.5. The van der Waals surface area contributed by atoms with Gasteiger partial charge in [0.15, 0.2) is 5.82 Å². The average molecular weight is 779 g/mol. The Bertz CT molecular complexity index is 3290. The lowest BCUT2D eigenvalue weighted by molar-refractivity contribution is 0.918. The number of aromatic nitrogens is 4. The maximum atomic E-state index is 5.39. The standard InChI is InChI=1S/C57H38N4/c1-6-17-39(18-7-1)40-29-35-46(36-30-40)57-58-52(43-21-10-3-11-22-43)38-53(59-57)44-33-31-42(32-34-44)48-27-16-28-49-51(48)37-50(41-19-8-2-9-20-41)54-55(45-23-12-4-13-24-45)60-61(56(49)54)47-25-14-5-15-26-47/h1-38H. The van der Waals surface area contributed by atoms with Crippen molar-refractivity contribution >= 4 is 21.7 Å². The first-order valence-corrected chi connectivity index (χ1v) is 20.6. The van der Waals surface area contributed by atoms with Crippen molar-refractivity contribution in [2.45, 2.75) is 0 Å². The summed E-state index contributed by atoms with van der Waals surface area (Å²) < 4.78 is 2.13. The van der Waals surface area contributed by atoms with Crippen LogP contribution >= 0.6 is 0 Å². The lowest BCUT2D eigenvalue weighted by Gasteiger charge is -2.15. The third kappa shape index (κ3) is 6.76. The quantitative estimate of drug-likeness (QED) is 0.154. The van der Waals surface area contributed by atoms with Gasteiger partial charge < -0.3 is 0 Å². The first kappa shape index (κ1) is 35.9. The smallest absolute Gasteiger partial charge is 0.160 e. The molecule has 11 aromatic rings. The molecule has 0 unspecified atom stereocenters. The highest BCUT2D eigenvalue weighted by Crippen LogP contribution is 2.44. The lowest BCUT2D eigenvalue weighted by Crippen LogP contribution is -1.97. The van der Waals surface area contributed by atoms with Crippen LogP contribution in [0.4, 0.5) is 0 Å². The van der Waals surface area contributed by atoms with Crippen molar-refractivity contribution in [3.8, 4) is 84.2 Å². The minimum Gasteiger partial charge on any atom is -0.232 e. The maximum Gasteiger partial charge on any atom is 0.160 e. The minimum atomic E-state index is 0.691. The summed E-state index contributed by atoms with van der Waals surface area (Å²) in [5, 5.41) is 8.82. The zero-order chi connectivity index (χ0) is 40.5. The molecule has 0 N–H and O–H groups in total. The Morgan fingerprint density at radius 1 is 0.311 bits per heavy atom.